The van der Waals surface area contributed by atoms with Crippen LogP contribution in [0.15, 0.2) is 97.3 Å². The Hall–Kier alpha value is -3.86. The summed E-state index contributed by atoms with van der Waals surface area (Å²) in [5, 5.41) is 4.39. The molecule has 5 heteroatoms. The zero-order valence-corrected chi connectivity index (χ0v) is 16.8. The second-order valence-electron chi connectivity index (χ2n) is 7.03. The zero-order valence-electron chi connectivity index (χ0n) is 16.8. The van der Waals surface area contributed by atoms with Crippen molar-refractivity contribution in [2.24, 2.45) is 0 Å². The molecule has 1 amide bonds. The highest BCUT2D eigenvalue weighted by Crippen LogP contribution is 2.29. The number of likely N-dealkylation sites (N-methyl/N-ethyl adjacent to an activating group) is 1. The second kappa shape index (κ2) is 9.09. The summed E-state index contributed by atoms with van der Waals surface area (Å²) in [6.07, 6.45) is 3.72. The standard InChI is InChI=1S/C25H23N3O2/c1-27(17-20-16-26-28(18-20)22-12-6-3-7-13-22)25(29)19-30-24-15-9-8-14-23(24)21-10-4-2-5-11-21/h2-16,18H,17,19H2,1H3. The Morgan fingerprint density at radius 2 is 1.60 bits per heavy atom. The van der Waals surface area contributed by atoms with Crippen LogP contribution in [0.1, 0.15) is 5.56 Å². The summed E-state index contributed by atoms with van der Waals surface area (Å²) in [5.41, 5.74) is 3.97. The first-order valence-electron chi connectivity index (χ1n) is 9.81. The maximum atomic E-state index is 12.6. The number of para-hydroxylation sites is 2. The minimum absolute atomic E-state index is 0.0207. The van der Waals surface area contributed by atoms with Gasteiger partial charge in [-0.2, -0.15) is 5.10 Å². The first-order valence-corrected chi connectivity index (χ1v) is 9.81. The van der Waals surface area contributed by atoms with E-state index in [1.807, 2.05) is 91.1 Å². The van der Waals surface area contributed by atoms with Gasteiger partial charge in [0.2, 0.25) is 0 Å². The Kier molecular flexibility index (Phi) is 5.90. The van der Waals surface area contributed by atoms with Gasteiger partial charge in [0.15, 0.2) is 6.61 Å². The topological polar surface area (TPSA) is 47.4 Å². The number of hydrogen-bond acceptors (Lipinski definition) is 3. The Morgan fingerprint density at radius 3 is 2.37 bits per heavy atom. The fourth-order valence-electron chi connectivity index (χ4n) is 3.22. The molecule has 0 aliphatic rings. The highest BCUT2D eigenvalue weighted by atomic mass is 16.5. The number of rotatable bonds is 7. The van der Waals surface area contributed by atoms with Gasteiger partial charge in [-0.25, -0.2) is 4.68 Å². The predicted molar refractivity (Wildman–Crippen MR) is 117 cm³/mol. The molecule has 150 valence electrons. The van der Waals surface area contributed by atoms with Gasteiger partial charge in [-0.15, -0.1) is 0 Å². The van der Waals surface area contributed by atoms with Crippen molar-refractivity contribution in [1.82, 2.24) is 14.7 Å². The number of carbonyl (C=O) groups is 1. The molecule has 0 saturated carbocycles. The van der Waals surface area contributed by atoms with Gasteiger partial charge in [0.25, 0.3) is 5.91 Å². The lowest BCUT2D eigenvalue weighted by molar-refractivity contribution is -0.132. The number of aromatic nitrogens is 2. The molecule has 0 saturated heterocycles. The van der Waals surface area contributed by atoms with Gasteiger partial charge in [-0.3, -0.25) is 4.79 Å². The van der Waals surface area contributed by atoms with Crippen molar-refractivity contribution in [2.75, 3.05) is 13.7 Å². The predicted octanol–water partition coefficient (Wildman–Crippen LogP) is 4.58. The minimum atomic E-state index is -0.0923. The van der Waals surface area contributed by atoms with E-state index in [1.54, 1.807) is 22.8 Å². The molecule has 4 aromatic rings. The van der Waals surface area contributed by atoms with Crippen LogP contribution in [0.25, 0.3) is 16.8 Å². The fourth-order valence-corrected chi connectivity index (χ4v) is 3.22. The molecule has 0 N–H and O–H groups in total. The SMILES string of the molecule is CN(Cc1cnn(-c2ccccc2)c1)C(=O)COc1ccccc1-c1ccccc1. The minimum Gasteiger partial charge on any atom is -0.483 e. The highest BCUT2D eigenvalue weighted by molar-refractivity contribution is 5.78. The summed E-state index contributed by atoms with van der Waals surface area (Å²) in [4.78, 5) is 14.3. The van der Waals surface area contributed by atoms with Crippen LogP contribution in [-0.4, -0.2) is 34.2 Å². The number of benzene rings is 3. The van der Waals surface area contributed by atoms with E-state index in [-0.39, 0.29) is 12.5 Å². The van der Waals surface area contributed by atoms with Crippen LogP contribution in [0, 0.1) is 0 Å². The molecule has 3 aromatic carbocycles. The van der Waals surface area contributed by atoms with Gasteiger partial charge in [-0.05, 0) is 23.8 Å². The van der Waals surface area contributed by atoms with Gasteiger partial charge in [0.1, 0.15) is 5.75 Å². The van der Waals surface area contributed by atoms with Crippen molar-refractivity contribution >= 4 is 5.91 Å². The molecule has 0 radical (unpaired) electrons. The zero-order chi connectivity index (χ0) is 20.8. The van der Waals surface area contributed by atoms with Gasteiger partial charge in [-0.1, -0.05) is 66.7 Å². The van der Waals surface area contributed by atoms with E-state index in [1.165, 1.54) is 0 Å². The smallest absolute Gasteiger partial charge is 0.260 e. The van der Waals surface area contributed by atoms with Gasteiger partial charge in [0.05, 0.1) is 11.9 Å². The van der Waals surface area contributed by atoms with Gasteiger partial charge >= 0.3 is 0 Å². The maximum absolute atomic E-state index is 12.6. The molecular formula is C25H23N3O2. The summed E-state index contributed by atoms with van der Waals surface area (Å²) >= 11 is 0. The quantitative estimate of drug-likeness (QED) is 0.459. The third kappa shape index (κ3) is 4.58. The van der Waals surface area contributed by atoms with Crippen molar-refractivity contribution in [1.29, 1.82) is 0 Å². The van der Waals surface area contributed by atoms with Crippen molar-refractivity contribution in [2.45, 2.75) is 6.54 Å². The van der Waals surface area contributed by atoms with E-state index in [0.29, 0.717) is 12.3 Å². The molecule has 0 atom stereocenters. The van der Waals surface area contributed by atoms with Gasteiger partial charge < -0.3 is 9.64 Å². The summed E-state index contributed by atoms with van der Waals surface area (Å²) in [6.45, 7) is 0.447. The lowest BCUT2D eigenvalue weighted by atomic mass is 10.1. The average molecular weight is 397 g/mol. The highest BCUT2D eigenvalue weighted by Gasteiger charge is 2.13. The molecule has 0 spiro atoms. The van der Waals surface area contributed by atoms with E-state index in [2.05, 4.69) is 5.10 Å². The maximum Gasteiger partial charge on any atom is 0.260 e. The number of carbonyl (C=O) groups excluding carboxylic acids is 1. The Bertz CT molecular complexity index is 1110. The summed E-state index contributed by atoms with van der Waals surface area (Å²) < 4.78 is 7.68. The molecule has 1 heterocycles. The summed E-state index contributed by atoms with van der Waals surface area (Å²) in [7, 11) is 1.77. The van der Waals surface area contributed by atoms with Crippen molar-refractivity contribution in [3.05, 3.63) is 103 Å². The molecule has 30 heavy (non-hydrogen) atoms. The Labute approximate surface area is 176 Å². The van der Waals surface area contributed by atoms with Crippen LogP contribution < -0.4 is 4.74 Å². The first kappa shape index (κ1) is 19.5. The molecule has 1 aromatic heterocycles. The summed E-state index contributed by atoms with van der Waals surface area (Å²) in [6, 6.07) is 27.7. The number of ether oxygens (including phenoxy) is 1. The van der Waals surface area contributed by atoms with Gasteiger partial charge in [0, 0.05) is 30.9 Å². The normalized spacial score (nSPS) is 10.6. The molecule has 0 aliphatic carbocycles. The lowest BCUT2D eigenvalue weighted by Crippen LogP contribution is -2.30. The van der Waals surface area contributed by atoms with E-state index >= 15 is 0 Å². The third-order valence-electron chi connectivity index (χ3n) is 4.83. The third-order valence-corrected chi connectivity index (χ3v) is 4.83. The van der Waals surface area contributed by atoms with Crippen LogP contribution in [0.2, 0.25) is 0 Å². The number of amides is 1. The molecule has 0 aliphatic heterocycles. The fraction of sp³-hybridized carbons (Fsp3) is 0.120. The number of nitrogens with zero attached hydrogens (tertiary/aromatic N) is 3. The van der Waals surface area contributed by atoms with Crippen LogP contribution in [0.5, 0.6) is 5.75 Å². The molecule has 0 bridgehead atoms. The molecule has 5 nitrogen and oxygen atoms in total. The summed E-state index contributed by atoms with van der Waals surface area (Å²) in [5.74, 6) is 0.604. The lowest BCUT2D eigenvalue weighted by Gasteiger charge is -2.17. The van der Waals surface area contributed by atoms with Crippen LogP contribution in [-0.2, 0) is 11.3 Å². The molecular weight excluding hydrogens is 374 g/mol. The molecule has 0 unspecified atom stereocenters. The van der Waals surface area contributed by atoms with Crippen molar-refractivity contribution in [3.63, 3.8) is 0 Å². The van der Waals surface area contributed by atoms with Crippen LogP contribution in [0.3, 0.4) is 0 Å². The number of hydrogen-bond donors (Lipinski definition) is 0. The van der Waals surface area contributed by atoms with Crippen LogP contribution in [0.4, 0.5) is 0 Å². The first-order chi connectivity index (χ1) is 14.7. The monoisotopic (exact) mass is 397 g/mol. The largest absolute Gasteiger partial charge is 0.483 e. The Morgan fingerprint density at radius 1 is 0.933 bits per heavy atom. The van der Waals surface area contributed by atoms with E-state index in [4.69, 9.17) is 4.74 Å². The molecule has 0 fully saturated rings. The van der Waals surface area contributed by atoms with Crippen molar-refractivity contribution < 1.29 is 9.53 Å². The molecule has 4 rings (SSSR count). The Balaban J connectivity index is 1.38. The van der Waals surface area contributed by atoms with E-state index < -0.39 is 0 Å². The van der Waals surface area contributed by atoms with E-state index in [9.17, 15) is 4.79 Å². The average Bonchev–Trinajstić information content (AvgIpc) is 3.27. The van der Waals surface area contributed by atoms with E-state index in [0.717, 1.165) is 22.4 Å². The second-order valence-corrected chi connectivity index (χ2v) is 7.03. The van der Waals surface area contributed by atoms with Crippen LogP contribution >= 0.6 is 0 Å². The van der Waals surface area contributed by atoms with Crippen molar-refractivity contribution in [3.8, 4) is 22.6 Å².